The largest absolute Gasteiger partial charge is 0.481 e. The molecule has 6 heteroatoms. The highest BCUT2D eigenvalue weighted by molar-refractivity contribution is 6.31. The fourth-order valence-electron chi connectivity index (χ4n) is 2.20. The number of halogens is 2. The number of hydrogen-bond acceptors (Lipinski definition) is 2. The first-order valence-electron chi connectivity index (χ1n) is 6.07. The van der Waals surface area contributed by atoms with Crippen molar-refractivity contribution in [3.8, 4) is 0 Å². The minimum absolute atomic E-state index is 0.261. The molecule has 1 N–H and O–H groups in total. The number of rotatable bonds is 4. The summed E-state index contributed by atoms with van der Waals surface area (Å²) in [7, 11) is 1.73. The molecule has 1 aromatic heterocycles. The van der Waals surface area contributed by atoms with Crippen LogP contribution < -0.4 is 0 Å². The number of carboxylic acids is 1. The third-order valence-electron chi connectivity index (χ3n) is 3.26. The number of aromatic nitrogens is 2. The molecule has 2 rings (SSSR count). The third-order valence-corrected chi connectivity index (χ3v) is 4.07. The van der Waals surface area contributed by atoms with E-state index in [0.717, 1.165) is 11.3 Å². The number of benzene rings is 1. The maximum absolute atomic E-state index is 11.6. The van der Waals surface area contributed by atoms with Crippen molar-refractivity contribution in [3.05, 3.63) is 51.3 Å². The van der Waals surface area contributed by atoms with Crippen LogP contribution in [0.5, 0.6) is 0 Å². The molecule has 1 unspecified atom stereocenters. The molecule has 20 heavy (non-hydrogen) atoms. The predicted molar refractivity (Wildman–Crippen MR) is 78.5 cm³/mol. The molecule has 0 bridgehead atoms. The number of carboxylic acid groups (broad SMARTS) is 1. The molecule has 106 valence electrons. The molecule has 1 aromatic carbocycles. The van der Waals surface area contributed by atoms with Crippen molar-refractivity contribution in [1.82, 2.24) is 9.78 Å². The lowest BCUT2D eigenvalue weighted by Gasteiger charge is -2.14. The van der Waals surface area contributed by atoms with E-state index in [-0.39, 0.29) is 6.42 Å². The topological polar surface area (TPSA) is 55.1 Å². The van der Waals surface area contributed by atoms with Gasteiger partial charge in [-0.25, -0.2) is 0 Å². The number of nitrogens with zero attached hydrogens (tertiary/aromatic N) is 2. The van der Waals surface area contributed by atoms with Crippen LogP contribution in [0.25, 0.3) is 0 Å². The lowest BCUT2D eigenvalue weighted by molar-refractivity contribution is -0.138. The Labute approximate surface area is 126 Å². The summed E-state index contributed by atoms with van der Waals surface area (Å²) in [6.45, 7) is 1.81. The second-order valence-electron chi connectivity index (χ2n) is 4.59. The van der Waals surface area contributed by atoms with Gasteiger partial charge >= 0.3 is 5.97 Å². The predicted octanol–water partition coefficient (Wildman–Crippen LogP) is 3.45. The number of aliphatic carboxylic acids is 1. The molecule has 2 aromatic rings. The van der Waals surface area contributed by atoms with Gasteiger partial charge in [-0.2, -0.15) is 5.10 Å². The summed E-state index contributed by atoms with van der Waals surface area (Å²) < 4.78 is 1.54. The molecule has 0 aliphatic heterocycles. The third kappa shape index (κ3) is 2.81. The molecule has 0 aliphatic rings. The molecular weight excluding hydrogens is 299 g/mol. The van der Waals surface area contributed by atoms with Crippen LogP contribution in [0.4, 0.5) is 0 Å². The lowest BCUT2D eigenvalue weighted by Crippen LogP contribution is -2.15. The minimum atomic E-state index is -0.933. The first-order chi connectivity index (χ1) is 9.41. The Morgan fingerprint density at radius 2 is 2.05 bits per heavy atom. The maximum atomic E-state index is 11.6. The zero-order valence-corrected chi connectivity index (χ0v) is 12.6. The van der Waals surface area contributed by atoms with Gasteiger partial charge in [-0.15, -0.1) is 0 Å². The lowest BCUT2D eigenvalue weighted by atomic mass is 9.92. The molecule has 0 saturated heterocycles. The Balaban J connectivity index is 2.41. The highest BCUT2D eigenvalue weighted by Gasteiger charge is 2.25. The summed E-state index contributed by atoms with van der Waals surface area (Å²) in [5, 5.41) is 14.6. The van der Waals surface area contributed by atoms with Crippen molar-refractivity contribution < 1.29 is 9.90 Å². The van der Waals surface area contributed by atoms with Crippen molar-refractivity contribution in [3.63, 3.8) is 0 Å². The van der Waals surface area contributed by atoms with Gasteiger partial charge in [0.15, 0.2) is 0 Å². The minimum Gasteiger partial charge on any atom is -0.481 e. The van der Waals surface area contributed by atoms with Gasteiger partial charge < -0.3 is 5.11 Å². The normalized spacial score (nSPS) is 12.4. The van der Waals surface area contributed by atoms with Crippen molar-refractivity contribution in [2.45, 2.75) is 19.3 Å². The fourth-order valence-corrected chi connectivity index (χ4v) is 2.72. The Bertz CT molecular complexity index is 653. The Morgan fingerprint density at radius 3 is 2.55 bits per heavy atom. The van der Waals surface area contributed by atoms with Gasteiger partial charge in [0.2, 0.25) is 0 Å². The number of carbonyl (C=O) groups is 1. The Hall–Kier alpha value is -1.52. The second-order valence-corrected chi connectivity index (χ2v) is 5.36. The molecule has 0 aliphatic carbocycles. The van der Waals surface area contributed by atoms with Gasteiger partial charge in [-0.05, 0) is 25.0 Å². The Kier molecular flexibility index (Phi) is 4.35. The average Bonchev–Trinajstić information content (AvgIpc) is 2.62. The van der Waals surface area contributed by atoms with Crippen LogP contribution in [-0.2, 0) is 18.3 Å². The van der Waals surface area contributed by atoms with Gasteiger partial charge in [0.1, 0.15) is 5.15 Å². The van der Waals surface area contributed by atoms with Crippen LogP contribution in [0, 0.1) is 6.92 Å². The van der Waals surface area contributed by atoms with Crippen LogP contribution in [0.3, 0.4) is 0 Å². The van der Waals surface area contributed by atoms with Crippen LogP contribution >= 0.6 is 23.2 Å². The zero-order valence-electron chi connectivity index (χ0n) is 11.1. The van der Waals surface area contributed by atoms with E-state index in [2.05, 4.69) is 5.10 Å². The zero-order chi connectivity index (χ0) is 14.9. The molecule has 1 heterocycles. The summed E-state index contributed by atoms with van der Waals surface area (Å²) in [6.07, 6.45) is 0.261. The van der Waals surface area contributed by atoms with Crippen molar-refractivity contribution in [1.29, 1.82) is 0 Å². The van der Waals surface area contributed by atoms with Crippen molar-refractivity contribution in [2.75, 3.05) is 0 Å². The quantitative estimate of drug-likeness (QED) is 0.940. The summed E-state index contributed by atoms with van der Waals surface area (Å²) in [4.78, 5) is 11.6. The van der Waals surface area contributed by atoms with E-state index in [1.807, 2.05) is 6.92 Å². The first-order valence-corrected chi connectivity index (χ1v) is 6.82. The molecule has 0 spiro atoms. The van der Waals surface area contributed by atoms with Crippen molar-refractivity contribution >= 4 is 29.2 Å². The highest BCUT2D eigenvalue weighted by atomic mass is 35.5. The van der Waals surface area contributed by atoms with Gasteiger partial charge in [-0.3, -0.25) is 9.48 Å². The molecule has 0 saturated carbocycles. The fraction of sp³-hybridized carbons (Fsp3) is 0.286. The van der Waals surface area contributed by atoms with E-state index < -0.39 is 11.9 Å². The van der Waals surface area contributed by atoms with E-state index in [9.17, 15) is 9.90 Å². The summed E-state index contributed by atoms with van der Waals surface area (Å²) >= 11 is 12.3. The molecule has 0 fully saturated rings. The monoisotopic (exact) mass is 312 g/mol. The van der Waals surface area contributed by atoms with E-state index in [1.54, 1.807) is 31.3 Å². The van der Waals surface area contributed by atoms with Crippen LogP contribution in [0.15, 0.2) is 24.3 Å². The molecule has 4 nitrogen and oxygen atoms in total. The average molecular weight is 313 g/mol. The summed E-state index contributed by atoms with van der Waals surface area (Å²) in [6, 6.07) is 6.95. The molecule has 1 atom stereocenters. The van der Waals surface area contributed by atoms with Gasteiger partial charge in [0.25, 0.3) is 0 Å². The molecular formula is C14H14Cl2N2O2. The SMILES string of the molecule is Cc1nn(C)c(Cl)c1CC(C(=O)O)c1ccccc1Cl. The van der Waals surface area contributed by atoms with Crippen LogP contribution in [-0.4, -0.2) is 20.9 Å². The van der Waals surface area contributed by atoms with Crippen LogP contribution in [0.1, 0.15) is 22.7 Å². The Morgan fingerprint density at radius 1 is 1.40 bits per heavy atom. The first kappa shape index (κ1) is 14.9. The number of hydrogen-bond donors (Lipinski definition) is 1. The standard InChI is InChI=1S/C14H14Cl2N2O2/c1-8-10(13(16)18(2)17-8)7-11(14(19)20)9-5-3-4-6-12(9)15/h3-6,11H,7H2,1-2H3,(H,19,20). The van der Waals surface area contributed by atoms with Gasteiger partial charge in [0.05, 0.1) is 11.6 Å². The van der Waals surface area contributed by atoms with Crippen LogP contribution in [0.2, 0.25) is 10.2 Å². The van der Waals surface area contributed by atoms with E-state index in [4.69, 9.17) is 23.2 Å². The molecule has 0 amide bonds. The van der Waals surface area contributed by atoms with E-state index in [0.29, 0.717) is 15.7 Å². The van der Waals surface area contributed by atoms with E-state index >= 15 is 0 Å². The summed E-state index contributed by atoms with van der Waals surface area (Å²) in [5.41, 5.74) is 2.05. The highest BCUT2D eigenvalue weighted by Crippen LogP contribution is 2.31. The van der Waals surface area contributed by atoms with E-state index in [1.165, 1.54) is 4.68 Å². The smallest absolute Gasteiger partial charge is 0.311 e. The van der Waals surface area contributed by atoms with Crippen molar-refractivity contribution in [2.24, 2.45) is 7.05 Å². The maximum Gasteiger partial charge on any atom is 0.311 e. The molecule has 0 radical (unpaired) electrons. The van der Waals surface area contributed by atoms with Gasteiger partial charge in [0, 0.05) is 17.6 Å². The second kappa shape index (κ2) is 5.85. The summed E-state index contributed by atoms with van der Waals surface area (Å²) in [5.74, 6) is -1.68. The van der Waals surface area contributed by atoms with Gasteiger partial charge in [-0.1, -0.05) is 41.4 Å². The number of aryl methyl sites for hydroxylation is 2.